The Labute approximate surface area is 129 Å². The van der Waals surface area contributed by atoms with Gasteiger partial charge in [0, 0.05) is 12.1 Å². The van der Waals surface area contributed by atoms with E-state index in [-0.39, 0.29) is 11.7 Å². The molecule has 0 saturated carbocycles. The van der Waals surface area contributed by atoms with Crippen molar-refractivity contribution < 1.29 is 18.3 Å². The molecule has 4 nitrogen and oxygen atoms in total. The van der Waals surface area contributed by atoms with Crippen molar-refractivity contribution in [1.82, 2.24) is 10.2 Å². The summed E-state index contributed by atoms with van der Waals surface area (Å²) in [5.41, 5.74) is 0.330. The fraction of sp³-hybridized carbons (Fsp3) is 0.562. The van der Waals surface area contributed by atoms with Crippen molar-refractivity contribution in [2.24, 2.45) is 0 Å². The molecule has 1 heterocycles. The van der Waals surface area contributed by atoms with Crippen molar-refractivity contribution in [3.05, 3.63) is 29.8 Å². The summed E-state index contributed by atoms with van der Waals surface area (Å²) in [7, 11) is 0. The van der Waals surface area contributed by atoms with Crippen molar-refractivity contribution >= 4 is 5.91 Å². The molecule has 0 bridgehead atoms. The van der Waals surface area contributed by atoms with Gasteiger partial charge in [0.05, 0.1) is 0 Å². The number of likely N-dealkylation sites (tertiary alicyclic amines) is 1. The van der Waals surface area contributed by atoms with Gasteiger partial charge in [-0.15, -0.1) is 0 Å². The van der Waals surface area contributed by atoms with Crippen LogP contribution in [0.1, 0.15) is 36.0 Å². The van der Waals surface area contributed by atoms with E-state index in [0.29, 0.717) is 12.1 Å². The topological polar surface area (TPSA) is 41.6 Å². The molecule has 0 unspecified atom stereocenters. The van der Waals surface area contributed by atoms with Gasteiger partial charge >= 0.3 is 6.61 Å². The molecule has 0 spiro atoms. The molecule has 1 aliphatic heterocycles. The predicted molar refractivity (Wildman–Crippen MR) is 80.3 cm³/mol. The molecular weight excluding hydrogens is 290 g/mol. The Morgan fingerprint density at radius 2 is 2.05 bits per heavy atom. The molecule has 6 heteroatoms. The normalized spacial score (nSPS) is 15.8. The van der Waals surface area contributed by atoms with E-state index in [1.807, 2.05) is 0 Å². The van der Waals surface area contributed by atoms with Crippen LogP contribution in [0.15, 0.2) is 24.3 Å². The van der Waals surface area contributed by atoms with E-state index < -0.39 is 6.61 Å². The van der Waals surface area contributed by atoms with Crippen LogP contribution in [0, 0.1) is 0 Å². The predicted octanol–water partition coefficient (Wildman–Crippen LogP) is 2.89. The van der Waals surface area contributed by atoms with E-state index in [2.05, 4.69) is 15.0 Å². The number of nitrogens with zero attached hydrogens (tertiary/aromatic N) is 1. The van der Waals surface area contributed by atoms with Crippen LogP contribution in [-0.4, -0.2) is 43.6 Å². The SMILES string of the molecule is O=C(NCCCN1CCCCC1)c1cccc(OC(F)F)c1. The van der Waals surface area contributed by atoms with Crippen molar-refractivity contribution in [1.29, 1.82) is 0 Å². The molecule has 0 atom stereocenters. The standard InChI is InChI=1S/C16H22F2N2O2/c17-16(18)22-14-7-4-6-13(12-14)15(21)19-8-5-11-20-9-2-1-3-10-20/h4,6-7,12,16H,1-3,5,8-11H2,(H,19,21). The molecule has 0 aliphatic carbocycles. The van der Waals surface area contributed by atoms with E-state index in [9.17, 15) is 13.6 Å². The Bertz CT molecular complexity index is 477. The summed E-state index contributed by atoms with van der Waals surface area (Å²) in [6, 6.07) is 5.84. The van der Waals surface area contributed by atoms with E-state index in [1.54, 1.807) is 6.07 Å². The third-order valence-corrected chi connectivity index (χ3v) is 3.71. The minimum absolute atomic E-state index is 0.00373. The van der Waals surface area contributed by atoms with Gasteiger partial charge in [0.25, 0.3) is 5.91 Å². The van der Waals surface area contributed by atoms with Crippen LogP contribution in [0.5, 0.6) is 5.75 Å². The van der Waals surface area contributed by atoms with Gasteiger partial charge in [-0.25, -0.2) is 0 Å². The molecule has 2 rings (SSSR count). The summed E-state index contributed by atoms with van der Waals surface area (Å²) >= 11 is 0. The largest absolute Gasteiger partial charge is 0.435 e. The zero-order valence-electron chi connectivity index (χ0n) is 12.6. The Morgan fingerprint density at radius 3 is 2.77 bits per heavy atom. The van der Waals surface area contributed by atoms with Crippen LogP contribution in [-0.2, 0) is 0 Å². The maximum absolute atomic E-state index is 12.2. The Kier molecular flexibility index (Phi) is 6.58. The molecule has 1 fully saturated rings. The number of alkyl halides is 2. The van der Waals surface area contributed by atoms with Crippen LogP contribution in [0.4, 0.5) is 8.78 Å². The van der Waals surface area contributed by atoms with Gasteiger partial charge in [0.1, 0.15) is 5.75 Å². The molecule has 22 heavy (non-hydrogen) atoms. The van der Waals surface area contributed by atoms with Crippen molar-refractivity contribution in [3.8, 4) is 5.75 Å². The average molecular weight is 312 g/mol. The van der Waals surface area contributed by atoms with Gasteiger partial charge in [-0.1, -0.05) is 12.5 Å². The number of carbonyl (C=O) groups is 1. The third-order valence-electron chi connectivity index (χ3n) is 3.71. The van der Waals surface area contributed by atoms with Gasteiger partial charge in [-0.2, -0.15) is 8.78 Å². The minimum atomic E-state index is -2.89. The van der Waals surface area contributed by atoms with Gasteiger partial charge in [0.15, 0.2) is 0 Å². The first-order valence-electron chi connectivity index (χ1n) is 7.70. The number of carbonyl (C=O) groups excluding carboxylic acids is 1. The highest BCUT2D eigenvalue weighted by atomic mass is 19.3. The van der Waals surface area contributed by atoms with Gasteiger partial charge < -0.3 is 15.0 Å². The summed E-state index contributed by atoms with van der Waals surface area (Å²) in [5, 5.41) is 2.81. The molecule has 1 saturated heterocycles. The number of benzene rings is 1. The van der Waals surface area contributed by atoms with Crippen LogP contribution >= 0.6 is 0 Å². The van der Waals surface area contributed by atoms with Crippen LogP contribution in [0.25, 0.3) is 0 Å². The Hall–Kier alpha value is -1.69. The lowest BCUT2D eigenvalue weighted by atomic mass is 10.1. The number of piperidine rings is 1. The maximum Gasteiger partial charge on any atom is 0.387 e. The van der Waals surface area contributed by atoms with E-state index in [0.717, 1.165) is 26.1 Å². The highest BCUT2D eigenvalue weighted by Gasteiger charge is 2.11. The summed E-state index contributed by atoms with van der Waals surface area (Å²) in [5.74, 6) is -0.269. The first-order valence-corrected chi connectivity index (χ1v) is 7.70. The van der Waals surface area contributed by atoms with Gasteiger partial charge in [-0.3, -0.25) is 4.79 Å². The Morgan fingerprint density at radius 1 is 1.27 bits per heavy atom. The van der Waals surface area contributed by atoms with E-state index in [1.165, 1.54) is 37.5 Å². The molecule has 1 amide bonds. The molecule has 1 N–H and O–H groups in total. The zero-order valence-corrected chi connectivity index (χ0v) is 12.6. The quantitative estimate of drug-likeness (QED) is 0.787. The molecule has 1 aromatic carbocycles. The fourth-order valence-electron chi connectivity index (χ4n) is 2.60. The monoisotopic (exact) mass is 312 g/mol. The number of rotatable bonds is 7. The number of hydrogen-bond donors (Lipinski definition) is 1. The average Bonchev–Trinajstić information content (AvgIpc) is 2.52. The fourth-order valence-corrected chi connectivity index (χ4v) is 2.60. The molecule has 122 valence electrons. The smallest absolute Gasteiger partial charge is 0.387 e. The summed E-state index contributed by atoms with van der Waals surface area (Å²) < 4.78 is 28.6. The highest BCUT2D eigenvalue weighted by Crippen LogP contribution is 2.15. The van der Waals surface area contributed by atoms with Gasteiger partial charge in [0.2, 0.25) is 0 Å². The lowest BCUT2D eigenvalue weighted by molar-refractivity contribution is -0.0498. The van der Waals surface area contributed by atoms with Crippen molar-refractivity contribution in [3.63, 3.8) is 0 Å². The molecule has 1 aromatic rings. The van der Waals surface area contributed by atoms with Gasteiger partial charge in [-0.05, 0) is 57.1 Å². The van der Waals surface area contributed by atoms with Crippen molar-refractivity contribution in [2.75, 3.05) is 26.2 Å². The maximum atomic E-state index is 12.2. The van der Waals surface area contributed by atoms with E-state index >= 15 is 0 Å². The van der Waals surface area contributed by atoms with Crippen LogP contribution in [0.2, 0.25) is 0 Å². The number of halogens is 2. The van der Waals surface area contributed by atoms with Crippen LogP contribution in [0.3, 0.4) is 0 Å². The zero-order chi connectivity index (χ0) is 15.8. The number of hydrogen-bond acceptors (Lipinski definition) is 3. The lowest BCUT2D eigenvalue weighted by Crippen LogP contribution is -2.33. The Balaban J connectivity index is 1.72. The van der Waals surface area contributed by atoms with Crippen LogP contribution < -0.4 is 10.1 Å². The summed E-state index contributed by atoms with van der Waals surface area (Å²) in [6.45, 7) is 0.953. The molecule has 0 radical (unpaired) electrons. The highest BCUT2D eigenvalue weighted by molar-refractivity contribution is 5.94. The number of amides is 1. The van der Waals surface area contributed by atoms with Crippen molar-refractivity contribution in [2.45, 2.75) is 32.3 Å². The second-order valence-corrected chi connectivity index (χ2v) is 5.42. The summed E-state index contributed by atoms with van der Waals surface area (Å²) in [4.78, 5) is 14.4. The minimum Gasteiger partial charge on any atom is -0.435 e. The summed E-state index contributed by atoms with van der Waals surface area (Å²) in [6.07, 6.45) is 4.70. The van der Waals surface area contributed by atoms with E-state index in [4.69, 9.17) is 0 Å². The molecule has 0 aromatic heterocycles. The number of nitrogens with one attached hydrogen (secondary N) is 1. The number of ether oxygens (including phenoxy) is 1. The second-order valence-electron chi connectivity index (χ2n) is 5.42. The molecular formula is C16H22F2N2O2. The molecule has 1 aliphatic rings. The lowest BCUT2D eigenvalue weighted by Gasteiger charge is -2.26. The third kappa shape index (κ3) is 5.60. The first-order chi connectivity index (χ1) is 10.6. The first kappa shape index (κ1) is 16.7. The second kappa shape index (κ2) is 8.68.